The van der Waals surface area contributed by atoms with Crippen LogP contribution in [0.3, 0.4) is 0 Å². The minimum absolute atomic E-state index is 0.741. The molecule has 0 spiro atoms. The number of nitrogens with zero attached hydrogens (tertiary/aromatic N) is 4. The third-order valence-corrected chi connectivity index (χ3v) is 4.31. The molecule has 1 unspecified atom stereocenters. The van der Waals surface area contributed by atoms with Crippen molar-refractivity contribution in [3.8, 4) is 0 Å². The molecule has 1 aliphatic rings. The Kier molecular flexibility index (Phi) is 4.01. The number of hydrogen-bond donors (Lipinski definition) is 0. The van der Waals surface area contributed by atoms with Gasteiger partial charge in [-0.3, -0.25) is 0 Å². The Morgan fingerprint density at radius 3 is 3.00 bits per heavy atom. The van der Waals surface area contributed by atoms with Gasteiger partial charge in [0.1, 0.15) is 11.3 Å². The first-order valence-electron chi connectivity index (χ1n) is 7.84. The second-order valence-corrected chi connectivity index (χ2v) is 5.78. The summed E-state index contributed by atoms with van der Waals surface area (Å²) in [5, 5.41) is 0. The van der Waals surface area contributed by atoms with Crippen LogP contribution in [0.2, 0.25) is 0 Å². The van der Waals surface area contributed by atoms with E-state index in [1.54, 1.807) is 0 Å². The summed E-state index contributed by atoms with van der Waals surface area (Å²) in [4.78, 5) is 11.9. The third kappa shape index (κ3) is 2.57. The molecule has 1 atom stereocenters. The lowest BCUT2D eigenvalue weighted by molar-refractivity contribution is 0.332. The van der Waals surface area contributed by atoms with Crippen molar-refractivity contribution in [2.45, 2.75) is 39.7 Å². The maximum absolute atomic E-state index is 4.77. The van der Waals surface area contributed by atoms with Crippen molar-refractivity contribution in [3.63, 3.8) is 0 Å². The van der Waals surface area contributed by atoms with Crippen molar-refractivity contribution in [2.24, 2.45) is 5.92 Å². The van der Waals surface area contributed by atoms with Crippen molar-refractivity contribution < 1.29 is 0 Å². The number of fused-ring (bicyclic) bond motifs is 1. The van der Waals surface area contributed by atoms with E-state index in [4.69, 9.17) is 4.98 Å². The lowest BCUT2D eigenvalue weighted by Gasteiger charge is -2.15. The van der Waals surface area contributed by atoms with Gasteiger partial charge in [-0.15, -0.1) is 0 Å². The molecule has 4 heteroatoms. The molecule has 0 aromatic carbocycles. The van der Waals surface area contributed by atoms with Crippen molar-refractivity contribution >= 4 is 11.2 Å². The van der Waals surface area contributed by atoms with Gasteiger partial charge >= 0.3 is 0 Å². The predicted molar refractivity (Wildman–Crippen MR) is 81.7 cm³/mol. The molecule has 0 amide bonds. The van der Waals surface area contributed by atoms with E-state index in [1.807, 2.05) is 12.3 Å². The summed E-state index contributed by atoms with van der Waals surface area (Å²) in [6.45, 7) is 9.16. The number of pyridine rings is 1. The predicted octanol–water partition coefficient (Wildman–Crippen LogP) is 2.73. The van der Waals surface area contributed by atoms with Crippen LogP contribution in [0.4, 0.5) is 0 Å². The van der Waals surface area contributed by atoms with Crippen LogP contribution in [-0.4, -0.2) is 39.1 Å². The van der Waals surface area contributed by atoms with E-state index < -0.39 is 0 Å². The summed E-state index contributed by atoms with van der Waals surface area (Å²) in [5.74, 6) is 1.95. The molecule has 0 N–H and O–H groups in total. The van der Waals surface area contributed by atoms with Gasteiger partial charge in [-0.25, -0.2) is 9.97 Å². The van der Waals surface area contributed by atoms with Gasteiger partial charge < -0.3 is 9.47 Å². The highest BCUT2D eigenvalue weighted by molar-refractivity contribution is 5.71. The van der Waals surface area contributed by atoms with Gasteiger partial charge in [-0.2, -0.15) is 0 Å². The van der Waals surface area contributed by atoms with Crippen LogP contribution in [0.5, 0.6) is 0 Å². The van der Waals surface area contributed by atoms with Crippen molar-refractivity contribution in [1.82, 2.24) is 19.4 Å². The summed E-state index contributed by atoms with van der Waals surface area (Å²) >= 11 is 0. The Balaban J connectivity index is 1.87. The SMILES string of the molecule is CCCc1nc2cccnc2n1CC1CCN(CC)C1. The monoisotopic (exact) mass is 272 g/mol. The fraction of sp³-hybridized carbons (Fsp3) is 0.625. The molecular weight excluding hydrogens is 248 g/mol. The molecule has 1 fully saturated rings. The third-order valence-electron chi connectivity index (χ3n) is 4.31. The van der Waals surface area contributed by atoms with E-state index >= 15 is 0 Å². The summed E-state index contributed by atoms with van der Waals surface area (Å²) in [7, 11) is 0. The van der Waals surface area contributed by atoms with Gasteiger partial charge in [-0.05, 0) is 44.0 Å². The van der Waals surface area contributed by atoms with Gasteiger partial charge in [0.15, 0.2) is 5.65 Å². The van der Waals surface area contributed by atoms with Gasteiger partial charge in [0, 0.05) is 25.7 Å². The molecule has 108 valence electrons. The molecular formula is C16H24N4. The molecule has 0 radical (unpaired) electrons. The summed E-state index contributed by atoms with van der Waals surface area (Å²) in [5.41, 5.74) is 2.10. The van der Waals surface area contributed by atoms with Crippen molar-refractivity contribution in [2.75, 3.05) is 19.6 Å². The highest BCUT2D eigenvalue weighted by Gasteiger charge is 2.23. The van der Waals surface area contributed by atoms with Crippen LogP contribution >= 0.6 is 0 Å². The lowest BCUT2D eigenvalue weighted by atomic mass is 10.1. The fourth-order valence-electron chi connectivity index (χ4n) is 3.22. The Bertz CT molecular complexity index is 575. The minimum atomic E-state index is 0.741. The Morgan fingerprint density at radius 2 is 2.25 bits per heavy atom. The van der Waals surface area contributed by atoms with E-state index in [2.05, 4.69) is 34.4 Å². The second kappa shape index (κ2) is 5.92. The molecule has 20 heavy (non-hydrogen) atoms. The van der Waals surface area contributed by atoms with E-state index in [1.165, 1.54) is 31.9 Å². The summed E-state index contributed by atoms with van der Waals surface area (Å²) < 4.78 is 2.36. The number of rotatable bonds is 5. The van der Waals surface area contributed by atoms with Gasteiger partial charge in [0.2, 0.25) is 0 Å². The fourth-order valence-corrected chi connectivity index (χ4v) is 3.22. The first-order chi connectivity index (χ1) is 9.81. The Morgan fingerprint density at radius 1 is 1.35 bits per heavy atom. The zero-order chi connectivity index (χ0) is 13.9. The number of aromatic nitrogens is 3. The molecule has 0 aliphatic carbocycles. The average molecular weight is 272 g/mol. The molecule has 2 aromatic heterocycles. The topological polar surface area (TPSA) is 34.0 Å². The zero-order valence-electron chi connectivity index (χ0n) is 12.5. The maximum Gasteiger partial charge on any atom is 0.159 e. The van der Waals surface area contributed by atoms with Crippen LogP contribution < -0.4 is 0 Å². The van der Waals surface area contributed by atoms with Crippen LogP contribution in [0.25, 0.3) is 11.2 Å². The maximum atomic E-state index is 4.77. The molecule has 4 nitrogen and oxygen atoms in total. The molecule has 1 aliphatic heterocycles. The number of hydrogen-bond acceptors (Lipinski definition) is 3. The number of aryl methyl sites for hydroxylation is 1. The van der Waals surface area contributed by atoms with Gasteiger partial charge in [0.25, 0.3) is 0 Å². The first-order valence-corrected chi connectivity index (χ1v) is 7.84. The highest BCUT2D eigenvalue weighted by atomic mass is 15.2. The normalized spacial score (nSPS) is 20.0. The second-order valence-electron chi connectivity index (χ2n) is 5.78. The summed E-state index contributed by atoms with van der Waals surface area (Å²) in [6, 6.07) is 4.05. The largest absolute Gasteiger partial charge is 0.312 e. The van der Waals surface area contributed by atoms with E-state index in [-0.39, 0.29) is 0 Å². The first kappa shape index (κ1) is 13.6. The minimum Gasteiger partial charge on any atom is -0.312 e. The highest BCUT2D eigenvalue weighted by Crippen LogP contribution is 2.22. The molecule has 1 saturated heterocycles. The Hall–Kier alpha value is -1.42. The van der Waals surface area contributed by atoms with Crippen LogP contribution in [0.15, 0.2) is 18.3 Å². The van der Waals surface area contributed by atoms with Crippen molar-refractivity contribution in [1.29, 1.82) is 0 Å². The quantitative estimate of drug-likeness (QED) is 0.839. The standard InChI is InChI=1S/C16H24N4/c1-3-6-15-18-14-7-5-9-17-16(14)20(15)12-13-8-10-19(4-2)11-13/h5,7,9,13H,3-4,6,8,10-12H2,1-2H3. The average Bonchev–Trinajstić information content (AvgIpc) is 3.05. The molecule has 3 heterocycles. The van der Waals surface area contributed by atoms with Crippen LogP contribution in [-0.2, 0) is 13.0 Å². The van der Waals surface area contributed by atoms with Gasteiger partial charge in [0.05, 0.1) is 0 Å². The summed E-state index contributed by atoms with van der Waals surface area (Å²) in [6.07, 6.45) is 5.35. The smallest absolute Gasteiger partial charge is 0.159 e. The van der Waals surface area contributed by atoms with Crippen LogP contribution in [0, 0.1) is 5.92 Å². The van der Waals surface area contributed by atoms with Crippen molar-refractivity contribution in [3.05, 3.63) is 24.2 Å². The van der Waals surface area contributed by atoms with E-state index in [0.29, 0.717) is 0 Å². The number of imidazole rings is 1. The van der Waals surface area contributed by atoms with Crippen LogP contribution in [0.1, 0.15) is 32.5 Å². The van der Waals surface area contributed by atoms with Gasteiger partial charge in [-0.1, -0.05) is 13.8 Å². The molecule has 3 rings (SSSR count). The van der Waals surface area contributed by atoms with E-state index in [0.717, 1.165) is 36.5 Å². The molecule has 0 bridgehead atoms. The lowest BCUT2D eigenvalue weighted by Crippen LogP contribution is -2.21. The Labute approximate surface area is 120 Å². The van der Waals surface area contributed by atoms with E-state index in [9.17, 15) is 0 Å². The molecule has 2 aromatic rings. The molecule has 0 saturated carbocycles. The zero-order valence-corrected chi connectivity index (χ0v) is 12.5. The number of likely N-dealkylation sites (tertiary alicyclic amines) is 1.